The monoisotopic (exact) mass is 182 g/mol. The van der Waals surface area contributed by atoms with Gasteiger partial charge in [-0.25, -0.2) is 0 Å². The minimum absolute atomic E-state index is 0.260. The van der Waals surface area contributed by atoms with Crippen LogP contribution in [0, 0.1) is 11.3 Å². The highest BCUT2D eigenvalue weighted by molar-refractivity contribution is 5.88. The third kappa shape index (κ3) is 1.32. The van der Waals surface area contributed by atoms with Crippen LogP contribution < -0.4 is 0 Å². The van der Waals surface area contributed by atoms with Crippen molar-refractivity contribution in [3.8, 4) is 0 Å². The molecule has 1 N–H and O–H groups in total. The number of hydrogen-bond donors (Lipinski definition) is 1. The van der Waals surface area contributed by atoms with Gasteiger partial charge in [0.05, 0.1) is 11.5 Å². The molecule has 2 aliphatic rings. The Kier molecular flexibility index (Phi) is 2.18. The zero-order chi connectivity index (χ0) is 9.47. The van der Waals surface area contributed by atoms with Crippen molar-refractivity contribution < 1.29 is 9.90 Å². The molecule has 0 unspecified atom stereocenters. The van der Waals surface area contributed by atoms with Crippen LogP contribution in [-0.4, -0.2) is 17.0 Å². The van der Waals surface area contributed by atoms with Gasteiger partial charge in [-0.05, 0) is 25.7 Å². The summed E-state index contributed by atoms with van der Waals surface area (Å²) in [4.78, 5) is 12.0. The highest BCUT2D eigenvalue weighted by atomic mass is 16.3. The summed E-state index contributed by atoms with van der Waals surface area (Å²) in [5.74, 6) is 0.597. The second-order valence-electron chi connectivity index (χ2n) is 4.82. The summed E-state index contributed by atoms with van der Waals surface area (Å²) >= 11 is 0. The lowest BCUT2D eigenvalue weighted by molar-refractivity contribution is -0.144. The van der Waals surface area contributed by atoms with E-state index in [1.54, 1.807) is 0 Å². The van der Waals surface area contributed by atoms with E-state index in [0.29, 0.717) is 5.78 Å². The molecule has 2 nitrogen and oxygen atoms in total. The van der Waals surface area contributed by atoms with Crippen molar-refractivity contribution in [2.75, 3.05) is 0 Å². The van der Waals surface area contributed by atoms with Crippen molar-refractivity contribution >= 4 is 5.78 Å². The third-order valence-electron chi connectivity index (χ3n) is 3.96. The zero-order valence-corrected chi connectivity index (χ0v) is 8.25. The quantitative estimate of drug-likeness (QED) is 0.621. The molecule has 2 saturated carbocycles. The van der Waals surface area contributed by atoms with Crippen molar-refractivity contribution in [2.45, 2.75) is 51.6 Å². The molecule has 2 rings (SSSR count). The van der Waals surface area contributed by atoms with Gasteiger partial charge >= 0.3 is 0 Å². The molecule has 13 heavy (non-hydrogen) atoms. The van der Waals surface area contributed by atoms with Gasteiger partial charge in [0, 0.05) is 5.92 Å². The normalized spacial score (nSPS) is 45.8. The molecule has 2 bridgehead atoms. The Bertz CT molecular complexity index is 224. The van der Waals surface area contributed by atoms with E-state index in [4.69, 9.17) is 0 Å². The van der Waals surface area contributed by atoms with Crippen LogP contribution in [0.15, 0.2) is 0 Å². The lowest BCUT2D eigenvalue weighted by atomic mass is 9.67. The van der Waals surface area contributed by atoms with Gasteiger partial charge in [0.1, 0.15) is 5.78 Å². The lowest BCUT2D eigenvalue weighted by Gasteiger charge is -2.38. The molecule has 0 aromatic carbocycles. The number of hydrogen-bond acceptors (Lipinski definition) is 2. The van der Waals surface area contributed by atoms with Gasteiger partial charge in [-0.2, -0.15) is 0 Å². The number of aliphatic hydroxyl groups is 1. The van der Waals surface area contributed by atoms with Crippen LogP contribution in [0.1, 0.15) is 45.4 Å². The number of Topliss-reactive ketones (excluding diaryl/α,β-unsaturated/α-hetero) is 1. The molecule has 0 spiro atoms. The fourth-order valence-electron chi connectivity index (χ4n) is 2.89. The van der Waals surface area contributed by atoms with Crippen molar-refractivity contribution in [1.29, 1.82) is 0 Å². The minimum atomic E-state index is -0.403. The van der Waals surface area contributed by atoms with E-state index < -0.39 is 5.41 Å². The first-order chi connectivity index (χ1) is 6.14. The largest absolute Gasteiger partial charge is 0.392 e. The highest BCUT2D eigenvalue weighted by Crippen LogP contribution is 2.44. The zero-order valence-electron chi connectivity index (χ0n) is 8.25. The maximum absolute atomic E-state index is 12.0. The molecule has 0 heterocycles. The number of carbonyl (C=O) groups is 1. The van der Waals surface area contributed by atoms with Gasteiger partial charge < -0.3 is 5.11 Å². The first-order valence-electron chi connectivity index (χ1n) is 5.37. The lowest BCUT2D eigenvalue weighted by Crippen LogP contribution is -2.46. The first kappa shape index (κ1) is 9.20. The van der Waals surface area contributed by atoms with E-state index in [0.717, 1.165) is 32.1 Å². The second kappa shape index (κ2) is 3.09. The fourth-order valence-corrected chi connectivity index (χ4v) is 2.89. The second-order valence-corrected chi connectivity index (χ2v) is 4.82. The van der Waals surface area contributed by atoms with Crippen LogP contribution in [-0.2, 0) is 4.79 Å². The van der Waals surface area contributed by atoms with Gasteiger partial charge in [0.15, 0.2) is 0 Å². The van der Waals surface area contributed by atoms with Crippen LogP contribution in [0.4, 0.5) is 0 Å². The average Bonchev–Trinajstić information content (AvgIpc) is 2.19. The molecule has 2 heteroatoms. The van der Waals surface area contributed by atoms with Crippen molar-refractivity contribution in [1.82, 2.24) is 0 Å². The number of rotatable bonds is 0. The SMILES string of the molecule is C[C@@]12CCCC[C@@H](CC[C@@H]1O)C2=O. The molecule has 2 aliphatic carbocycles. The van der Waals surface area contributed by atoms with Gasteiger partial charge in [-0.1, -0.05) is 19.8 Å². The van der Waals surface area contributed by atoms with Crippen LogP contribution in [0.3, 0.4) is 0 Å². The van der Waals surface area contributed by atoms with Crippen LogP contribution in [0.2, 0.25) is 0 Å². The number of carbonyl (C=O) groups excluding carboxylic acids is 1. The molecular weight excluding hydrogens is 164 g/mol. The van der Waals surface area contributed by atoms with Gasteiger partial charge in [-0.15, -0.1) is 0 Å². The van der Waals surface area contributed by atoms with E-state index >= 15 is 0 Å². The van der Waals surface area contributed by atoms with Crippen LogP contribution in [0.25, 0.3) is 0 Å². The smallest absolute Gasteiger partial charge is 0.144 e. The summed E-state index contributed by atoms with van der Waals surface area (Å²) in [6.45, 7) is 1.96. The predicted octanol–water partition coefficient (Wildman–Crippen LogP) is 1.91. The van der Waals surface area contributed by atoms with E-state index in [9.17, 15) is 9.90 Å². The molecule has 0 aliphatic heterocycles. The first-order valence-corrected chi connectivity index (χ1v) is 5.37. The van der Waals surface area contributed by atoms with Gasteiger partial charge in [-0.3, -0.25) is 4.79 Å². The van der Waals surface area contributed by atoms with Crippen molar-refractivity contribution in [3.63, 3.8) is 0 Å². The molecule has 0 radical (unpaired) electrons. The minimum Gasteiger partial charge on any atom is -0.392 e. The topological polar surface area (TPSA) is 37.3 Å². The average molecular weight is 182 g/mol. The Morgan fingerprint density at radius 1 is 1.31 bits per heavy atom. The third-order valence-corrected chi connectivity index (χ3v) is 3.96. The number of fused-ring (bicyclic) bond motifs is 2. The molecule has 74 valence electrons. The standard InChI is InChI=1S/C11H18O2/c1-11-7-3-2-4-8(10(11)13)5-6-9(11)12/h8-9,12H,2-7H2,1H3/t8-,9-,11+/m0/s1. The predicted molar refractivity (Wildman–Crippen MR) is 50.3 cm³/mol. The molecule has 2 fully saturated rings. The molecule has 0 amide bonds. The molecular formula is C11H18O2. The Labute approximate surface area is 79.3 Å². The summed E-state index contributed by atoms with van der Waals surface area (Å²) in [6, 6.07) is 0. The Balaban J connectivity index is 2.29. The summed E-state index contributed by atoms with van der Waals surface area (Å²) in [5.41, 5.74) is -0.403. The fraction of sp³-hybridized carbons (Fsp3) is 0.909. The maximum atomic E-state index is 12.0. The van der Waals surface area contributed by atoms with E-state index in [1.807, 2.05) is 6.92 Å². The molecule has 0 saturated heterocycles. The van der Waals surface area contributed by atoms with Gasteiger partial charge in [0.2, 0.25) is 0 Å². The van der Waals surface area contributed by atoms with E-state index in [1.165, 1.54) is 6.42 Å². The Hall–Kier alpha value is -0.370. The highest BCUT2D eigenvalue weighted by Gasteiger charge is 2.47. The Morgan fingerprint density at radius 3 is 2.85 bits per heavy atom. The van der Waals surface area contributed by atoms with Gasteiger partial charge in [0.25, 0.3) is 0 Å². The van der Waals surface area contributed by atoms with Crippen molar-refractivity contribution in [2.24, 2.45) is 11.3 Å². The number of aliphatic hydroxyl groups excluding tert-OH is 1. The Morgan fingerprint density at radius 2 is 2.08 bits per heavy atom. The molecule has 0 aromatic heterocycles. The summed E-state index contributed by atoms with van der Waals surface area (Å²) in [7, 11) is 0. The molecule has 3 atom stereocenters. The van der Waals surface area contributed by atoms with E-state index in [-0.39, 0.29) is 12.0 Å². The number of ketones is 1. The summed E-state index contributed by atoms with van der Waals surface area (Å²) in [6.07, 6.45) is 5.58. The van der Waals surface area contributed by atoms with Crippen LogP contribution >= 0.6 is 0 Å². The van der Waals surface area contributed by atoms with Crippen LogP contribution in [0.5, 0.6) is 0 Å². The summed E-state index contributed by atoms with van der Waals surface area (Å²) in [5, 5.41) is 9.85. The van der Waals surface area contributed by atoms with Crippen molar-refractivity contribution in [3.05, 3.63) is 0 Å². The molecule has 0 aromatic rings. The van der Waals surface area contributed by atoms with E-state index in [2.05, 4.69) is 0 Å². The maximum Gasteiger partial charge on any atom is 0.144 e. The summed E-state index contributed by atoms with van der Waals surface area (Å²) < 4.78 is 0.